The van der Waals surface area contributed by atoms with Gasteiger partial charge in [0, 0.05) is 104 Å². The van der Waals surface area contributed by atoms with Gasteiger partial charge in [-0.25, -0.2) is 0 Å². The Hall–Kier alpha value is -4.83. The molecule has 9 nitrogen and oxygen atoms in total. The van der Waals surface area contributed by atoms with Crippen molar-refractivity contribution in [2.24, 2.45) is 0 Å². The molecule has 6 aromatic rings. The number of methoxy groups -OCH3 is 2. The highest BCUT2D eigenvalue weighted by molar-refractivity contribution is 5.96. The van der Waals surface area contributed by atoms with Gasteiger partial charge in [0.25, 0.3) is 0 Å². The fraction of sp³-hybridized carbons (Fsp3) is 0.518. The number of hydrogen-bond donors (Lipinski definition) is 0. The average molecular weight is 878 g/mol. The highest BCUT2D eigenvalue weighted by Gasteiger charge is 2.26. The minimum atomic E-state index is 0.413. The molecule has 2 saturated heterocycles. The van der Waals surface area contributed by atoms with Crippen molar-refractivity contribution in [1.29, 1.82) is 0 Å². The van der Waals surface area contributed by atoms with Gasteiger partial charge in [-0.2, -0.15) is 0 Å². The number of rotatable bonds is 16. The molecule has 2 aliphatic rings. The van der Waals surface area contributed by atoms with Gasteiger partial charge in [0.05, 0.1) is 41.6 Å². The molecule has 346 valence electrons. The summed E-state index contributed by atoms with van der Waals surface area (Å²) in [5, 5.41) is 3.85. The van der Waals surface area contributed by atoms with Gasteiger partial charge in [-0.05, 0) is 148 Å². The Labute approximate surface area is 389 Å². The maximum Gasteiger partial charge on any atom is 0.121 e. The summed E-state index contributed by atoms with van der Waals surface area (Å²) in [7, 11) is 3.55. The lowest BCUT2D eigenvalue weighted by molar-refractivity contribution is 0.186. The van der Waals surface area contributed by atoms with Gasteiger partial charge in [-0.1, -0.05) is 47.6 Å². The summed E-state index contributed by atoms with van der Waals surface area (Å²) in [6.07, 6.45) is 4.26. The SMILES string of the molecule is CCc1cc(COC)c2nc(C)cc(C(C)CCN3CCN(c4cc(CC)cc5c(C(C)CCN6CCN(c7cc(OC)cc8c(C(C)C)cc(C)nc78)CC6)cc(C)nc45)CC3)c2c1. The van der Waals surface area contributed by atoms with Gasteiger partial charge in [0.15, 0.2) is 0 Å². The van der Waals surface area contributed by atoms with Crippen LogP contribution in [0, 0.1) is 20.8 Å². The molecule has 0 radical (unpaired) electrons. The first kappa shape index (κ1) is 46.7. The second kappa shape index (κ2) is 20.4. The smallest absolute Gasteiger partial charge is 0.121 e. The molecule has 3 aromatic heterocycles. The number of pyridine rings is 3. The van der Waals surface area contributed by atoms with Crippen LogP contribution >= 0.6 is 0 Å². The number of nitrogens with zero attached hydrogens (tertiary/aromatic N) is 7. The van der Waals surface area contributed by atoms with Crippen LogP contribution in [0.1, 0.15) is 123 Å². The van der Waals surface area contributed by atoms with Crippen LogP contribution in [0.2, 0.25) is 0 Å². The first-order valence-electron chi connectivity index (χ1n) is 24.7. The molecular formula is C56H75N7O2. The van der Waals surface area contributed by atoms with E-state index in [9.17, 15) is 0 Å². The van der Waals surface area contributed by atoms with Crippen LogP contribution in [0.4, 0.5) is 11.4 Å². The van der Waals surface area contributed by atoms with Gasteiger partial charge in [0.1, 0.15) is 5.75 Å². The highest BCUT2D eigenvalue weighted by atomic mass is 16.5. The zero-order valence-electron chi connectivity index (χ0n) is 41.5. The van der Waals surface area contributed by atoms with Crippen molar-refractivity contribution >= 4 is 44.1 Å². The number of fused-ring (bicyclic) bond motifs is 3. The number of anilines is 2. The molecule has 0 spiro atoms. The summed E-state index contributed by atoms with van der Waals surface area (Å²) in [4.78, 5) is 25.9. The molecule has 2 unspecified atom stereocenters. The van der Waals surface area contributed by atoms with Crippen molar-refractivity contribution in [3.05, 3.63) is 105 Å². The number of ether oxygens (including phenoxy) is 2. The summed E-state index contributed by atoms with van der Waals surface area (Å²) in [6.45, 7) is 31.3. The summed E-state index contributed by atoms with van der Waals surface area (Å²) >= 11 is 0. The van der Waals surface area contributed by atoms with Gasteiger partial charge >= 0.3 is 0 Å². The van der Waals surface area contributed by atoms with Gasteiger partial charge in [-0.15, -0.1) is 0 Å². The van der Waals surface area contributed by atoms with Crippen LogP contribution < -0.4 is 14.5 Å². The van der Waals surface area contributed by atoms with E-state index in [4.69, 9.17) is 24.4 Å². The summed E-state index contributed by atoms with van der Waals surface area (Å²) in [6, 6.07) is 20.8. The summed E-state index contributed by atoms with van der Waals surface area (Å²) < 4.78 is 11.4. The predicted molar refractivity (Wildman–Crippen MR) is 273 cm³/mol. The first-order chi connectivity index (χ1) is 31.4. The Morgan fingerprint density at radius 2 is 0.969 bits per heavy atom. The Bertz CT molecular complexity index is 2630. The number of piperazine rings is 2. The molecule has 0 saturated carbocycles. The second-order valence-electron chi connectivity index (χ2n) is 19.6. The van der Waals surface area contributed by atoms with E-state index < -0.39 is 0 Å². The van der Waals surface area contributed by atoms with E-state index >= 15 is 0 Å². The molecule has 0 aliphatic carbocycles. The van der Waals surface area contributed by atoms with Crippen molar-refractivity contribution in [3.8, 4) is 5.75 Å². The molecule has 2 aliphatic heterocycles. The van der Waals surface area contributed by atoms with Crippen LogP contribution in [0.25, 0.3) is 32.7 Å². The van der Waals surface area contributed by atoms with E-state index in [-0.39, 0.29) is 0 Å². The summed E-state index contributed by atoms with van der Waals surface area (Å²) in [5.74, 6) is 2.17. The van der Waals surface area contributed by atoms with Gasteiger partial charge in [0.2, 0.25) is 0 Å². The molecule has 2 fully saturated rings. The monoisotopic (exact) mass is 878 g/mol. The lowest BCUT2D eigenvalue weighted by Crippen LogP contribution is -2.47. The van der Waals surface area contributed by atoms with E-state index in [0.717, 1.165) is 125 Å². The topological polar surface area (TPSA) is 70.1 Å². The molecule has 8 rings (SSSR count). The normalized spacial score (nSPS) is 16.4. The molecule has 65 heavy (non-hydrogen) atoms. The molecule has 0 bridgehead atoms. The highest BCUT2D eigenvalue weighted by Crippen LogP contribution is 2.38. The number of aromatic nitrogens is 3. The van der Waals surface area contributed by atoms with Crippen molar-refractivity contribution < 1.29 is 9.47 Å². The Morgan fingerprint density at radius 3 is 1.45 bits per heavy atom. The maximum atomic E-state index is 5.82. The Balaban J connectivity index is 0.921. The zero-order valence-corrected chi connectivity index (χ0v) is 41.5. The molecule has 3 aromatic carbocycles. The van der Waals surface area contributed by atoms with E-state index in [1.165, 1.54) is 66.4 Å². The van der Waals surface area contributed by atoms with Crippen LogP contribution in [0.5, 0.6) is 5.75 Å². The lowest BCUT2D eigenvalue weighted by atomic mass is 9.91. The second-order valence-corrected chi connectivity index (χ2v) is 19.6. The van der Waals surface area contributed by atoms with Crippen LogP contribution in [-0.4, -0.2) is 104 Å². The number of benzene rings is 3. The van der Waals surface area contributed by atoms with E-state index in [1.54, 1.807) is 14.2 Å². The number of hydrogen-bond acceptors (Lipinski definition) is 9. The standard InChI is InChI=1S/C56H75N7O2/c1-12-42-29-44(35-64-10)54-49(30-42)47(27-40(8)57-54)37(5)14-16-60-18-22-62(23-19-60)52-32-43(13-2)31-50-48(28-41(9)59-55(50)52)38(6)15-17-61-20-24-63(25-21-61)53-34-45(65-11)33-51-46(36(3)4)26-39(7)58-56(51)53/h26-34,36-38H,12-25,35H2,1-11H3. The largest absolute Gasteiger partial charge is 0.497 e. The zero-order chi connectivity index (χ0) is 45.9. The lowest BCUT2D eigenvalue weighted by Gasteiger charge is -2.37. The number of aryl methyl sites for hydroxylation is 5. The third-order valence-electron chi connectivity index (χ3n) is 14.6. The minimum Gasteiger partial charge on any atom is -0.497 e. The fourth-order valence-electron chi connectivity index (χ4n) is 10.6. The van der Waals surface area contributed by atoms with Gasteiger partial charge in [-0.3, -0.25) is 24.8 Å². The maximum absolute atomic E-state index is 5.82. The fourth-order valence-corrected chi connectivity index (χ4v) is 10.6. The van der Waals surface area contributed by atoms with E-state index in [1.807, 2.05) is 0 Å². The van der Waals surface area contributed by atoms with Crippen molar-refractivity contribution in [2.45, 2.75) is 112 Å². The molecule has 0 N–H and O–H groups in total. The van der Waals surface area contributed by atoms with Gasteiger partial charge < -0.3 is 19.3 Å². The van der Waals surface area contributed by atoms with Crippen LogP contribution in [0.15, 0.2) is 54.6 Å². The first-order valence-corrected chi connectivity index (χ1v) is 24.7. The Morgan fingerprint density at radius 1 is 0.523 bits per heavy atom. The van der Waals surface area contributed by atoms with Crippen molar-refractivity contribution in [2.75, 3.05) is 89.5 Å². The molecule has 9 heteroatoms. The molecule has 2 atom stereocenters. The van der Waals surface area contributed by atoms with E-state index in [0.29, 0.717) is 24.4 Å². The molecular weight excluding hydrogens is 803 g/mol. The quantitative estimate of drug-likeness (QED) is 0.0945. The molecule has 0 amide bonds. The Kier molecular flexibility index (Phi) is 14.6. The third-order valence-corrected chi connectivity index (χ3v) is 14.6. The van der Waals surface area contributed by atoms with Crippen molar-refractivity contribution in [3.63, 3.8) is 0 Å². The minimum absolute atomic E-state index is 0.413. The van der Waals surface area contributed by atoms with Crippen LogP contribution in [-0.2, 0) is 24.2 Å². The predicted octanol–water partition coefficient (Wildman–Crippen LogP) is 11.3. The summed E-state index contributed by atoms with van der Waals surface area (Å²) in [5.41, 5.74) is 17.3. The van der Waals surface area contributed by atoms with Crippen LogP contribution in [0.3, 0.4) is 0 Å². The third kappa shape index (κ3) is 10.1. The average Bonchev–Trinajstić information content (AvgIpc) is 3.31. The van der Waals surface area contributed by atoms with E-state index in [2.05, 4.69) is 137 Å². The molecule has 5 heterocycles. The van der Waals surface area contributed by atoms with Crippen molar-refractivity contribution in [1.82, 2.24) is 24.8 Å².